The maximum absolute atomic E-state index is 13.0. The third-order valence-corrected chi connectivity index (χ3v) is 6.49. The van der Waals surface area contributed by atoms with Crippen molar-refractivity contribution in [1.29, 1.82) is 0 Å². The van der Waals surface area contributed by atoms with E-state index in [1.54, 1.807) is 23.1 Å². The summed E-state index contributed by atoms with van der Waals surface area (Å²) in [6.45, 7) is 4.12. The van der Waals surface area contributed by atoms with Crippen molar-refractivity contribution in [2.24, 2.45) is 11.5 Å². The van der Waals surface area contributed by atoms with E-state index in [1.165, 1.54) is 0 Å². The van der Waals surface area contributed by atoms with Crippen LogP contribution in [0.3, 0.4) is 0 Å². The number of hydrogen-bond acceptors (Lipinski definition) is 6. The first kappa shape index (κ1) is 20.8. The number of fused-ring (bicyclic) bond motifs is 1. The lowest BCUT2D eigenvalue weighted by atomic mass is 10.0. The van der Waals surface area contributed by atoms with Crippen LogP contribution in [0.5, 0.6) is 0 Å². The number of nitrogens with one attached hydrogen (secondary N) is 2. The number of piperidine rings is 2. The zero-order valence-corrected chi connectivity index (χ0v) is 17.3. The Bertz CT molecular complexity index is 735. The number of nitrogens with two attached hydrogens (primary N) is 2. The third-order valence-electron chi connectivity index (χ3n) is 6.25. The topological polar surface area (TPSA) is 118 Å². The van der Waals surface area contributed by atoms with E-state index in [2.05, 4.69) is 15.2 Å². The summed E-state index contributed by atoms with van der Waals surface area (Å²) in [5.41, 5.74) is 15.7. The fourth-order valence-electron chi connectivity index (χ4n) is 4.47. The highest BCUT2D eigenvalue weighted by Crippen LogP contribution is 2.32. The fraction of sp³-hybridized carbons (Fsp3) is 0.632. The van der Waals surface area contributed by atoms with Gasteiger partial charge in [0.15, 0.2) is 5.69 Å². The van der Waals surface area contributed by atoms with Gasteiger partial charge in [0.2, 0.25) is 0 Å². The van der Waals surface area contributed by atoms with Gasteiger partial charge in [-0.25, -0.2) is 9.97 Å². The van der Waals surface area contributed by atoms with E-state index in [-0.39, 0.29) is 23.4 Å². The molecule has 29 heavy (non-hydrogen) atoms. The fourth-order valence-corrected chi connectivity index (χ4v) is 4.64. The number of amides is 2. The second-order valence-corrected chi connectivity index (χ2v) is 8.72. The number of carbonyl (C=O) groups excluding carboxylic acids is 1. The van der Waals surface area contributed by atoms with Crippen molar-refractivity contribution in [3.05, 3.63) is 28.4 Å². The van der Waals surface area contributed by atoms with Gasteiger partial charge in [-0.3, -0.25) is 14.7 Å². The van der Waals surface area contributed by atoms with Crippen LogP contribution < -0.4 is 27.0 Å². The molecule has 1 aromatic rings. The molecule has 3 heterocycles. The highest BCUT2D eigenvalue weighted by atomic mass is 35.5. The average Bonchev–Trinajstić information content (AvgIpc) is 2.69. The molecule has 3 aliphatic heterocycles. The minimum atomic E-state index is -0.404. The largest absolute Gasteiger partial charge is 0.603 e. The molecule has 0 aliphatic carbocycles. The molecular weight excluding hydrogens is 394 g/mol. The van der Waals surface area contributed by atoms with Gasteiger partial charge >= 0.3 is 6.03 Å². The molecule has 0 saturated carbocycles. The summed E-state index contributed by atoms with van der Waals surface area (Å²) < 4.78 is 0. The number of halogens is 1. The molecule has 3 aliphatic rings. The van der Waals surface area contributed by atoms with E-state index in [9.17, 15) is 10.0 Å². The predicted molar refractivity (Wildman–Crippen MR) is 113 cm³/mol. The highest BCUT2D eigenvalue weighted by Gasteiger charge is 2.39. The number of carbonyl (C=O) groups is 1. The lowest BCUT2D eigenvalue weighted by molar-refractivity contribution is -0.817. The number of urea groups is 1. The van der Waals surface area contributed by atoms with Crippen LogP contribution in [0, 0.1) is 5.21 Å². The molecule has 9 nitrogen and oxygen atoms in total. The van der Waals surface area contributed by atoms with Gasteiger partial charge in [0.05, 0.1) is 0 Å². The maximum Gasteiger partial charge on any atom is 0.368 e. The van der Waals surface area contributed by atoms with Crippen molar-refractivity contribution >= 4 is 29.0 Å². The van der Waals surface area contributed by atoms with Gasteiger partial charge in [-0.1, -0.05) is 11.6 Å². The molecule has 2 amide bonds. The Labute approximate surface area is 176 Å². The van der Waals surface area contributed by atoms with Crippen LogP contribution in [-0.4, -0.2) is 66.8 Å². The second-order valence-electron chi connectivity index (χ2n) is 8.28. The molecular formula is C19H30ClN7O2. The van der Waals surface area contributed by atoms with E-state index in [1.807, 2.05) is 0 Å². The zero-order valence-electron chi connectivity index (χ0n) is 16.5. The van der Waals surface area contributed by atoms with Crippen LogP contribution >= 0.6 is 11.6 Å². The Balaban J connectivity index is 1.65. The van der Waals surface area contributed by atoms with Crippen LogP contribution in [0.15, 0.2) is 18.2 Å². The van der Waals surface area contributed by atoms with E-state index < -0.39 is 6.03 Å². The summed E-state index contributed by atoms with van der Waals surface area (Å²) >= 11 is 6.23. The van der Waals surface area contributed by atoms with Crippen LogP contribution in [0.25, 0.3) is 0 Å². The molecule has 160 valence electrons. The molecule has 0 radical (unpaired) electrons. The minimum absolute atomic E-state index is 0.193. The van der Waals surface area contributed by atoms with Crippen LogP contribution in [-0.2, 0) is 0 Å². The number of benzene rings is 1. The highest BCUT2D eigenvalue weighted by molar-refractivity contribution is 6.31. The number of hydrogen-bond donors (Lipinski definition) is 4. The number of rotatable bonds is 4. The minimum Gasteiger partial charge on any atom is -0.603 e. The predicted octanol–water partition coefficient (Wildman–Crippen LogP) is -0.0289. The van der Waals surface area contributed by atoms with Gasteiger partial charge in [-0.2, -0.15) is 5.43 Å². The third kappa shape index (κ3) is 4.51. The van der Waals surface area contributed by atoms with Crippen molar-refractivity contribution in [3.63, 3.8) is 0 Å². The number of quaternary nitrogens is 1. The summed E-state index contributed by atoms with van der Waals surface area (Å²) in [6.07, 6.45) is 3.47. The van der Waals surface area contributed by atoms with Crippen molar-refractivity contribution in [2.45, 2.75) is 43.9 Å². The standard InChI is InChI=1S/C19H30ClN7O2/c20-13-1-2-16-17(11-13)26(19(28)23-27(16)29)18(25-9-5-15(22)6-10-25)12-24-7-3-14(21)4-8-24/h1-2,11,14-15,18,27H,3-10,12,21-22H2,(H,23,28). The van der Waals surface area contributed by atoms with Gasteiger partial charge in [-0.05, 0) is 50.9 Å². The van der Waals surface area contributed by atoms with Crippen molar-refractivity contribution < 1.29 is 9.97 Å². The number of nitrogens with zero attached hydrogens (tertiary/aromatic N) is 3. The maximum atomic E-state index is 13.0. The molecule has 10 heteroatoms. The summed E-state index contributed by atoms with van der Waals surface area (Å²) in [6, 6.07) is 5.09. The first-order valence-corrected chi connectivity index (χ1v) is 10.7. The van der Waals surface area contributed by atoms with E-state index in [4.69, 9.17) is 23.1 Å². The van der Waals surface area contributed by atoms with Crippen molar-refractivity contribution in [1.82, 2.24) is 15.2 Å². The molecule has 2 fully saturated rings. The molecule has 1 aromatic carbocycles. The smallest absolute Gasteiger partial charge is 0.368 e. The molecule has 6 N–H and O–H groups in total. The van der Waals surface area contributed by atoms with Gasteiger partial charge < -0.3 is 16.7 Å². The van der Waals surface area contributed by atoms with Gasteiger partial charge in [0.25, 0.3) is 0 Å². The van der Waals surface area contributed by atoms with Gasteiger partial charge in [-0.15, -0.1) is 0 Å². The van der Waals surface area contributed by atoms with Gasteiger partial charge in [0.1, 0.15) is 11.9 Å². The molecule has 2 atom stereocenters. The van der Waals surface area contributed by atoms with Crippen LogP contribution in [0.2, 0.25) is 5.02 Å². The van der Waals surface area contributed by atoms with Crippen molar-refractivity contribution in [2.75, 3.05) is 37.6 Å². The van der Waals surface area contributed by atoms with Gasteiger partial charge in [0, 0.05) is 42.8 Å². The normalized spacial score (nSPS) is 26.3. The SMILES string of the molecule is NC1CCN(CC(N2CCC(N)CC2)N2C(=O)N[NH+]([O-])c3ccc(Cl)cc32)CC1. The molecule has 0 aromatic heterocycles. The van der Waals surface area contributed by atoms with E-state index in [0.717, 1.165) is 51.9 Å². The lowest BCUT2D eigenvalue weighted by Crippen LogP contribution is -3.12. The van der Waals surface area contributed by atoms with E-state index >= 15 is 0 Å². The lowest BCUT2D eigenvalue weighted by Gasteiger charge is -2.47. The first-order chi connectivity index (χ1) is 13.9. The molecule has 2 saturated heterocycles. The Hall–Kier alpha value is -1.46. The molecule has 4 rings (SSSR count). The molecule has 0 bridgehead atoms. The Morgan fingerprint density at radius 3 is 2.41 bits per heavy atom. The average molecular weight is 424 g/mol. The molecule has 2 unspecified atom stereocenters. The number of likely N-dealkylation sites (tertiary alicyclic amines) is 2. The first-order valence-electron chi connectivity index (χ1n) is 10.3. The molecule has 0 spiro atoms. The second kappa shape index (κ2) is 8.73. The summed E-state index contributed by atoms with van der Waals surface area (Å²) in [5.74, 6) is 0. The summed E-state index contributed by atoms with van der Waals surface area (Å²) in [7, 11) is 0. The Kier molecular flexibility index (Phi) is 6.26. The zero-order chi connectivity index (χ0) is 20.5. The quantitative estimate of drug-likeness (QED) is 0.505. The van der Waals surface area contributed by atoms with E-state index in [0.29, 0.717) is 22.9 Å². The number of anilines is 1. The Morgan fingerprint density at radius 1 is 1.14 bits per heavy atom. The van der Waals surface area contributed by atoms with Crippen LogP contribution in [0.1, 0.15) is 25.7 Å². The monoisotopic (exact) mass is 423 g/mol. The van der Waals surface area contributed by atoms with Crippen molar-refractivity contribution in [3.8, 4) is 0 Å². The summed E-state index contributed by atoms with van der Waals surface area (Å²) in [4.78, 5) is 19.3. The van der Waals surface area contributed by atoms with Crippen LogP contribution in [0.4, 0.5) is 16.2 Å². The Morgan fingerprint density at radius 2 is 1.76 bits per heavy atom. The summed E-state index contributed by atoms with van der Waals surface area (Å²) in [5, 5.41) is 12.5.